The number of fused-ring (bicyclic) bond motifs is 1. The third kappa shape index (κ3) is 4.35. The number of hydrogen-bond donors (Lipinski definition) is 2. The van der Waals surface area contributed by atoms with E-state index >= 15 is 0 Å². The average molecular weight is 342 g/mol. The van der Waals surface area contributed by atoms with Crippen LogP contribution in [0.15, 0.2) is 42.5 Å². The summed E-state index contributed by atoms with van der Waals surface area (Å²) in [5.41, 5.74) is 1.73. The van der Waals surface area contributed by atoms with Crippen molar-refractivity contribution >= 4 is 11.7 Å². The largest absolute Gasteiger partial charge is 0.497 e. The molecule has 3 rings (SSSR count). The molecule has 0 radical (unpaired) electrons. The van der Waals surface area contributed by atoms with Crippen molar-refractivity contribution in [3.63, 3.8) is 0 Å². The second-order valence-corrected chi connectivity index (χ2v) is 5.74. The van der Waals surface area contributed by atoms with Crippen LogP contribution in [0.1, 0.15) is 12.5 Å². The number of rotatable bonds is 5. The van der Waals surface area contributed by atoms with Crippen molar-refractivity contribution in [3.8, 4) is 17.2 Å². The average Bonchev–Trinajstić information content (AvgIpc) is 2.63. The zero-order valence-electron chi connectivity index (χ0n) is 14.4. The van der Waals surface area contributed by atoms with Crippen LogP contribution in [0.2, 0.25) is 0 Å². The fraction of sp³-hybridized carbons (Fsp3) is 0.316. The first-order valence-electron chi connectivity index (χ1n) is 8.28. The zero-order chi connectivity index (χ0) is 17.6. The third-order valence-electron chi connectivity index (χ3n) is 3.93. The van der Waals surface area contributed by atoms with Gasteiger partial charge in [0, 0.05) is 5.69 Å². The molecular formula is C19H22N2O4. The van der Waals surface area contributed by atoms with E-state index < -0.39 is 0 Å². The van der Waals surface area contributed by atoms with Crippen molar-refractivity contribution in [2.24, 2.45) is 0 Å². The standard InChI is InChI=1S/C19H22N2O4/c1-3-24-16-6-4-14(5-7-16)20-19(22)21-15-10-13-11-17(23-2)8-9-18(13)25-12-15/h4-9,11,15H,3,10,12H2,1-2H3,(H2,20,21,22). The van der Waals surface area contributed by atoms with E-state index in [-0.39, 0.29) is 12.1 Å². The van der Waals surface area contributed by atoms with Gasteiger partial charge in [0.2, 0.25) is 0 Å². The highest BCUT2D eigenvalue weighted by Crippen LogP contribution is 2.28. The summed E-state index contributed by atoms with van der Waals surface area (Å²) < 4.78 is 16.3. The van der Waals surface area contributed by atoms with Crippen molar-refractivity contribution in [2.45, 2.75) is 19.4 Å². The molecule has 0 fully saturated rings. The Balaban J connectivity index is 1.56. The Morgan fingerprint density at radius 3 is 2.68 bits per heavy atom. The summed E-state index contributed by atoms with van der Waals surface area (Å²) in [5, 5.41) is 5.76. The van der Waals surface area contributed by atoms with Gasteiger partial charge in [0.15, 0.2) is 0 Å². The topological polar surface area (TPSA) is 68.8 Å². The minimum absolute atomic E-state index is 0.0951. The summed E-state index contributed by atoms with van der Waals surface area (Å²) >= 11 is 0. The Kier molecular flexibility index (Phi) is 5.28. The maximum atomic E-state index is 12.2. The van der Waals surface area contributed by atoms with E-state index in [0.29, 0.717) is 25.3 Å². The molecule has 1 aliphatic heterocycles. The van der Waals surface area contributed by atoms with Gasteiger partial charge >= 0.3 is 6.03 Å². The van der Waals surface area contributed by atoms with E-state index in [0.717, 1.165) is 22.8 Å². The Morgan fingerprint density at radius 2 is 1.96 bits per heavy atom. The summed E-state index contributed by atoms with van der Waals surface area (Å²) in [6.07, 6.45) is 0.698. The van der Waals surface area contributed by atoms with Gasteiger partial charge in [0.1, 0.15) is 23.9 Å². The fourth-order valence-electron chi connectivity index (χ4n) is 2.74. The summed E-state index contributed by atoms with van der Waals surface area (Å²) in [5.74, 6) is 2.40. The molecule has 2 aromatic rings. The molecule has 1 aliphatic rings. The molecule has 0 aliphatic carbocycles. The summed E-state index contributed by atoms with van der Waals surface area (Å²) in [6, 6.07) is 12.6. The predicted octanol–water partition coefficient (Wildman–Crippen LogP) is 3.22. The minimum Gasteiger partial charge on any atom is -0.497 e. The molecule has 0 saturated carbocycles. The first-order valence-corrected chi connectivity index (χ1v) is 8.28. The van der Waals surface area contributed by atoms with Gasteiger partial charge in [-0.3, -0.25) is 0 Å². The Labute approximate surface area is 147 Å². The number of nitrogens with one attached hydrogen (secondary N) is 2. The number of hydrogen-bond acceptors (Lipinski definition) is 4. The van der Waals surface area contributed by atoms with Gasteiger partial charge in [-0.2, -0.15) is 0 Å². The van der Waals surface area contributed by atoms with Crippen molar-refractivity contribution in [3.05, 3.63) is 48.0 Å². The molecule has 0 aromatic heterocycles. The van der Waals surface area contributed by atoms with E-state index in [1.54, 1.807) is 7.11 Å². The van der Waals surface area contributed by atoms with Crippen LogP contribution in [0, 0.1) is 0 Å². The van der Waals surface area contributed by atoms with Crippen molar-refractivity contribution in [1.29, 1.82) is 0 Å². The number of amides is 2. The van der Waals surface area contributed by atoms with E-state index in [4.69, 9.17) is 14.2 Å². The normalized spacial score (nSPS) is 15.5. The van der Waals surface area contributed by atoms with Crippen LogP contribution < -0.4 is 24.8 Å². The zero-order valence-corrected chi connectivity index (χ0v) is 14.4. The number of ether oxygens (including phenoxy) is 3. The minimum atomic E-state index is -0.260. The van der Waals surface area contributed by atoms with E-state index in [1.165, 1.54) is 0 Å². The molecule has 0 bridgehead atoms. The van der Waals surface area contributed by atoms with E-state index in [2.05, 4.69) is 10.6 Å². The van der Waals surface area contributed by atoms with Crippen LogP contribution in [0.3, 0.4) is 0 Å². The highest BCUT2D eigenvalue weighted by molar-refractivity contribution is 5.89. The molecule has 2 N–H and O–H groups in total. The molecule has 1 heterocycles. The summed E-state index contributed by atoms with van der Waals surface area (Å²) in [6.45, 7) is 2.98. The van der Waals surface area contributed by atoms with Gasteiger partial charge < -0.3 is 24.8 Å². The van der Waals surface area contributed by atoms with E-state index in [1.807, 2.05) is 49.4 Å². The smallest absolute Gasteiger partial charge is 0.319 e. The maximum Gasteiger partial charge on any atom is 0.319 e. The number of anilines is 1. The highest BCUT2D eigenvalue weighted by atomic mass is 16.5. The monoisotopic (exact) mass is 342 g/mol. The number of carbonyl (C=O) groups is 1. The van der Waals surface area contributed by atoms with Crippen LogP contribution in [-0.4, -0.2) is 32.4 Å². The van der Waals surface area contributed by atoms with Crippen molar-refractivity contribution in [2.75, 3.05) is 25.6 Å². The lowest BCUT2D eigenvalue weighted by Crippen LogP contribution is -2.44. The maximum absolute atomic E-state index is 12.2. The molecule has 1 unspecified atom stereocenters. The van der Waals surface area contributed by atoms with Crippen LogP contribution >= 0.6 is 0 Å². The van der Waals surface area contributed by atoms with Gasteiger partial charge in [-0.25, -0.2) is 4.79 Å². The Bertz CT molecular complexity index is 731. The molecule has 6 nitrogen and oxygen atoms in total. The highest BCUT2D eigenvalue weighted by Gasteiger charge is 2.22. The van der Waals surface area contributed by atoms with Crippen molar-refractivity contribution in [1.82, 2.24) is 5.32 Å². The molecule has 2 amide bonds. The predicted molar refractivity (Wildman–Crippen MR) is 95.7 cm³/mol. The van der Waals surface area contributed by atoms with Crippen LogP contribution in [-0.2, 0) is 6.42 Å². The number of methoxy groups -OCH3 is 1. The van der Waals surface area contributed by atoms with Gasteiger partial charge in [-0.05, 0) is 61.4 Å². The van der Waals surface area contributed by atoms with Crippen LogP contribution in [0.25, 0.3) is 0 Å². The van der Waals surface area contributed by atoms with Crippen molar-refractivity contribution < 1.29 is 19.0 Å². The SMILES string of the molecule is CCOc1ccc(NC(=O)NC2COc3ccc(OC)cc3C2)cc1. The lowest BCUT2D eigenvalue weighted by Gasteiger charge is -2.26. The molecule has 1 atom stereocenters. The molecule has 132 valence electrons. The van der Waals surface area contributed by atoms with Gasteiger partial charge in [-0.1, -0.05) is 0 Å². The van der Waals surface area contributed by atoms with Gasteiger partial charge in [0.05, 0.1) is 19.8 Å². The number of urea groups is 1. The second-order valence-electron chi connectivity index (χ2n) is 5.74. The van der Waals surface area contributed by atoms with Crippen LogP contribution in [0.5, 0.6) is 17.2 Å². The molecule has 6 heteroatoms. The molecule has 2 aromatic carbocycles. The molecule has 0 spiro atoms. The van der Waals surface area contributed by atoms with E-state index in [9.17, 15) is 4.79 Å². The quantitative estimate of drug-likeness (QED) is 0.875. The van der Waals surface area contributed by atoms with Gasteiger partial charge in [-0.15, -0.1) is 0 Å². The first kappa shape index (κ1) is 17.0. The Hall–Kier alpha value is -2.89. The summed E-state index contributed by atoms with van der Waals surface area (Å²) in [7, 11) is 1.63. The van der Waals surface area contributed by atoms with Crippen LogP contribution in [0.4, 0.5) is 10.5 Å². The number of carbonyl (C=O) groups excluding carboxylic acids is 1. The molecule has 25 heavy (non-hydrogen) atoms. The fourth-order valence-corrected chi connectivity index (χ4v) is 2.74. The summed E-state index contributed by atoms with van der Waals surface area (Å²) in [4.78, 5) is 12.2. The molecule has 0 saturated heterocycles. The lowest BCUT2D eigenvalue weighted by molar-refractivity contribution is 0.222. The Morgan fingerprint density at radius 1 is 1.20 bits per heavy atom. The molecular weight excluding hydrogens is 320 g/mol. The lowest BCUT2D eigenvalue weighted by atomic mass is 10.0. The first-order chi connectivity index (χ1) is 12.2. The second kappa shape index (κ2) is 7.79. The third-order valence-corrected chi connectivity index (χ3v) is 3.93. The van der Waals surface area contributed by atoms with Gasteiger partial charge in [0.25, 0.3) is 0 Å². The number of benzene rings is 2.